The maximum Gasteiger partial charge on any atom is 0.409 e. The number of carbonyl (C=O) groups is 1. The lowest BCUT2D eigenvalue weighted by atomic mass is 9.83. The smallest absolute Gasteiger partial charge is 0.409 e. The summed E-state index contributed by atoms with van der Waals surface area (Å²) in [6, 6.07) is 0. The SMILES string of the molecule is CC.CC.CCOC(=O)N1CCC(C)(C)CC1. The summed E-state index contributed by atoms with van der Waals surface area (Å²) in [6.07, 6.45) is 2.00. The molecule has 0 bridgehead atoms. The van der Waals surface area contributed by atoms with Crippen molar-refractivity contribution in [2.24, 2.45) is 5.41 Å². The maximum atomic E-state index is 11.3. The normalized spacial score (nSPS) is 17.0. The quantitative estimate of drug-likeness (QED) is 0.688. The van der Waals surface area contributed by atoms with Crippen molar-refractivity contribution < 1.29 is 9.53 Å². The molecular weight excluding hydrogens is 214 g/mol. The summed E-state index contributed by atoms with van der Waals surface area (Å²) in [4.78, 5) is 13.1. The van der Waals surface area contributed by atoms with E-state index in [0.717, 1.165) is 25.9 Å². The van der Waals surface area contributed by atoms with Gasteiger partial charge in [0.25, 0.3) is 0 Å². The lowest BCUT2D eigenvalue weighted by molar-refractivity contribution is 0.0785. The highest BCUT2D eigenvalue weighted by atomic mass is 16.6. The summed E-state index contributed by atoms with van der Waals surface area (Å²) in [5, 5.41) is 0. The van der Waals surface area contributed by atoms with E-state index in [-0.39, 0.29) is 6.09 Å². The van der Waals surface area contributed by atoms with Crippen LogP contribution < -0.4 is 0 Å². The lowest BCUT2D eigenvalue weighted by Gasteiger charge is -2.36. The molecule has 0 unspecified atom stereocenters. The van der Waals surface area contributed by atoms with E-state index in [2.05, 4.69) is 13.8 Å². The number of nitrogens with zero attached hydrogens (tertiary/aromatic N) is 1. The second kappa shape index (κ2) is 10.4. The fraction of sp³-hybridized carbons (Fsp3) is 0.929. The van der Waals surface area contributed by atoms with E-state index in [9.17, 15) is 4.79 Å². The van der Waals surface area contributed by atoms with E-state index in [1.165, 1.54) is 0 Å². The van der Waals surface area contributed by atoms with Gasteiger partial charge < -0.3 is 9.64 Å². The molecule has 1 aliphatic rings. The van der Waals surface area contributed by atoms with Crippen LogP contribution in [-0.4, -0.2) is 30.7 Å². The van der Waals surface area contributed by atoms with Crippen molar-refractivity contribution in [1.29, 1.82) is 0 Å². The highest BCUT2D eigenvalue weighted by Crippen LogP contribution is 2.29. The van der Waals surface area contributed by atoms with Gasteiger partial charge in [0, 0.05) is 13.1 Å². The van der Waals surface area contributed by atoms with Crippen LogP contribution in [0, 0.1) is 5.41 Å². The Balaban J connectivity index is 0. The predicted molar refractivity (Wildman–Crippen MR) is 74.3 cm³/mol. The first-order valence-electron chi connectivity index (χ1n) is 6.97. The third kappa shape index (κ3) is 8.06. The van der Waals surface area contributed by atoms with Gasteiger partial charge >= 0.3 is 6.09 Å². The van der Waals surface area contributed by atoms with Crippen molar-refractivity contribution in [2.75, 3.05) is 19.7 Å². The van der Waals surface area contributed by atoms with Gasteiger partial charge in [-0.25, -0.2) is 4.79 Å². The molecule has 17 heavy (non-hydrogen) atoms. The fourth-order valence-electron chi connectivity index (χ4n) is 1.51. The molecule has 1 aliphatic heterocycles. The predicted octanol–water partition coefficient (Wildman–Crippen LogP) is 4.32. The molecule has 1 saturated heterocycles. The average Bonchev–Trinajstić information content (AvgIpc) is 2.34. The summed E-state index contributed by atoms with van der Waals surface area (Å²) in [7, 11) is 0. The molecule has 0 aromatic heterocycles. The van der Waals surface area contributed by atoms with Gasteiger partial charge in [-0.1, -0.05) is 41.5 Å². The number of hydrogen-bond acceptors (Lipinski definition) is 2. The van der Waals surface area contributed by atoms with Gasteiger partial charge in [-0.05, 0) is 25.2 Å². The zero-order chi connectivity index (χ0) is 13.9. The first-order valence-corrected chi connectivity index (χ1v) is 6.97. The van der Waals surface area contributed by atoms with Crippen molar-refractivity contribution in [3.63, 3.8) is 0 Å². The van der Waals surface area contributed by atoms with Crippen LogP contribution in [0.25, 0.3) is 0 Å². The van der Waals surface area contributed by atoms with Crippen molar-refractivity contribution >= 4 is 6.09 Å². The third-order valence-corrected chi connectivity index (χ3v) is 2.64. The molecule has 1 rings (SSSR count). The minimum absolute atomic E-state index is 0.155. The number of piperidine rings is 1. The molecule has 1 amide bonds. The van der Waals surface area contributed by atoms with Gasteiger partial charge in [-0.3, -0.25) is 0 Å². The molecule has 0 aromatic rings. The van der Waals surface area contributed by atoms with Gasteiger partial charge in [0.2, 0.25) is 0 Å². The summed E-state index contributed by atoms with van der Waals surface area (Å²) in [6.45, 7) is 16.5. The van der Waals surface area contributed by atoms with Crippen LogP contribution in [0.1, 0.15) is 61.3 Å². The summed E-state index contributed by atoms with van der Waals surface area (Å²) >= 11 is 0. The largest absolute Gasteiger partial charge is 0.450 e. The molecule has 0 radical (unpaired) electrons. The Kier molecular flexibility index (Phi) is 11.4. The van der Waals surface area contributed by atoms with E-state index in [1.54, 1.807) is 4.90 Å². The molecule has 1 fully saturated rings. The Morgan fingerprint density at radius 3 is 1.88 bits per heavy atom. The second-order valence-corrected chi connectivity index (χ2v) is 4.35. The van der Waals surface area contributed by atoms with Crippen molar-refractivity contribution in [3.05, 3.63) is 0 Å². The molecule has 1 heterocycles. The van der Waals surface area contributed by atoms with Crippen molar-refractivity contribution in [3.8, 4) is 0 Å². The van der Waals surface area contributed by atoms with E-state index in [1.807, 2.05) is 34.6 Å². The maximum absolute atomic E-state index is 11.3. The van der Waals surface area contributed by atoms with Gasteiger partial charge in [-0.2, -0.15) is 0 Å². The standard InChI is InChI=1S/C10H19NO2.2C2H6/c1-4-13-9(12)11-7-5-10(2,3)6-8-11;2*1-2/h4-8H2,1-3H3;2*1-2H3. The highest BCUT2D eigenvalue weighted by Gasteiger charge is 2.28. The average molecular weight is 245 g/mol. The Labute approximate surface area is 108 Å². The fourth-order valence-corrected chi connectivity index (χ4v) is 1.51. The molecule has 0 saturated carbocycles. The van der Waals surface area contributed by atoms with Crippen LogP contribution in [-0.2, 0) is 4.74 Å². The Hall–Kier alpha value is -0.730. The van der Waals surface area contributed by atoms with Crippen LogP contribution in [0.5, 0.6) is 0 Å². The number of carbonyl (C=O) groups excluding carboxylic acids is 1. The number of rotatable bonds is 1. The third-order valence-electron chi connectivity index (χ3n) is 2.64. The van der Waals surface area contributed by atoms with Crippen LogP contribution in [0.3, 0.4) is 0 Å². The van der Waals surface area contributed by atoms with E-state index in [4.69, 9.17) is 4.74 Å². The molecule has 104 valence electrons. The summed E-state index contributed by atoms with van der Waals surface area (Å²) < 4.78 is 4.94. The molecule has 0 aliphatic carbocycles. The molecule has 3 nitrogen and oxygen atoms in total. The lowest BCUT2D eigenvalue weighted by Crippen LogP contribution is -2.41. The molecule has 0 spiro atoms. The molecule has 3 heteroatoms. The molecule has 0 N–H and O–H groups in total. The van der Waals surface area contributed by atoms with Crippen molar-refractivity contribution in [2.45, 2.75) is 61.3 Å². The zero-order valence-corrected chi connectivity index (χ0v) is 12.8. The monoisotopic (exact) mass is 245 g/mol. The Bertz CT molecular complexity index is 181. The topological polar surface area (TPSA) is 29.5 Å². The number of likely N-dealkylation sites (tertiary alicyclic amines) is 1. The highest BCUT2D eigenvalue weighted by molar-refractivity contribution is 5.67. The molecular formula is C14H31NO2. The van der Waals surface area contributed by atoms with Gasteiger partial charge in [-0.15, -0.1) is 0 Å². The number of hydrogen-bond donors (Lipinski definition) is 0. The van der Waals surface area contributed by atoms with E-state index >= 15 is 0 Å². The Morgan fingerprint density at radius 1 is 1.12 bits per heavy atom. The van der Waals surface area contributed by atoms with E-state index in [0.29, 0.717) is 12.0 Å². The first-order chi connectivity index (χ1) is 8.05. The van der Waals surface area contributed by atoms with Gasteiger partial charge in [0.05, 0.1) is 6.61 Å². The number of ether oxygens (including phenoxy) is 1. The molecule has 0 aromatic carbocycles. The molecule has 0 atom stereocenters. The first kappa shape index (κ1) is 18.6. The van der Waals surface area contributed by atoms with E-state index < -0.39 is 0 Å². The second-order valence-electron chi connectivity index (χ2n) is 4.35. The minimum Gasteiger partial charge on any atom is -0.450 e. The number of amides is 1. The van der Waals surface area contributed by atoms with Crippen LogP contribution in [0.2, 0.25) is 0 Å². The van der Waals surface area contributed by atoms with Crippen LogP contribution in [0.15, 0.2) is 0 Å². The van der Waals surface area contributed by atoms with Crippen LogP contribution in [0.4, 0.5) is 4.79 Å². The zero-order valence-electron chi connectivity index (χ0n) is 12.8. The van der Waals surface area contributed by atoms with Crippen molar-refractivity contribution in [1.82, 2.24) is 4.90 Å². The summed E-state index contributed by atoms with van der Waals surface area (Å²) in [5.41, 5.74) is 0.392. The summed E-state index contributed by atoms with van der Waals surface area (Å²) in [5.74, 6) is 0. The van der Waals surface area contributed by atoms with Crippen LogP contribution >= 0.6 is 0 Å². The minimum atomic E-state index is -0.155. The van der Waals surface area contributed by atoms with Gasteiger partial charge in [0.1, 0.15) is 0 Å². The Morgan fingerprint density at radius 2 is 1.53 bits per heavy atom. The van der Waals surface area contributed by atoms with Gasteiger partial charge in [0.15, 0.2) is 0 Å².